The number of amides is 1. The molecule has 0 fully saturated rings. The van der Waals surface area contributed by atoms with Gasteiger partial charge < -0.3 is 9.47 Å². The molecule has 0 atom stereocenters. The van der Waals surface area contributed by atoms with Crippen molar-refractivity contribution in [3.63, 3.8) is 0 Å². The van der Waals surface area contributed by atoms with Gasteiger partial charge >= 0.3 is 0 Å². The van der Waals surface area contributed by atoms with Crippen molar-refractivity contribution in [1.82, 2.24) is 29.4 Å². The lowest BCUT2D eigenvalue weighted by Crippen LogP contribution is -2.34. The topological polar surface area (TPSA) is 68.8 Å². The summed E-state index contributed by atoms with van der Waals surface area (Å²) in [7, 11) is 2.00. The molecule has 3 aromatic rings. The molecule has 0 saturated heterocycles. The Morgan fingerprint density at radius 1 is 1.08 bits per heavy atom. The molecule has 1 aromatic carbocycles. The van der Waals surface area contributed by atoms with E-state index in [1.165, 1.54) is 16.8 Å². The summed E-state index contributed by atoms with van der Waals surface area (Å²) >= 11 is 0. The van der Waals surface area contributed by atoms with Crippen molar-refractivity contribution in [3.05, 3.63) is 54.2 Å². The number of hydrogen-bond donors (Lipinski definition) is 0. The quantitative estimate of drug-likeness (QED) is 0.718. The zero-order valence-electron chi connectivity index (χ0n) is 14.9. The van der Waals surface area contributed by atoms with Gasteiger partial charge in [-0.15, -0.1) is 10.2 Å². The maximum Gasteiger partial charge on any atom is 0.224 e. The Balaban J connectivity index is 1.48. The summed E-state index contributed by atoms with van der Waals surface area (Å²) in [6, 6.07) is 10.3. The maximum atomic E-state index is 12.6. The van der Waals surface area contributed by atoms with Crippen LogP contribution in [0.2, 0.25) is 0 Å². The molecular weight excluding hydrogens is 328 g/mol. The van der Waals surface area contributed by atoms with Gasteiger partial charge in [-0.2, -0.15) is 5.10 Å². The Kier molecular flexibility index (Phi) is 4.51. The summed E-state index contributed by atoms with van der Waals surface area (Å²) in [5.74, 6) is 0.175. The molecule has 3 heterocycles. The molecule has 2 aromatic heterocycles. The molecule has 7 nitrogen and oxygen atoms in total. The summed E-state index contributed by atoms with van der Waals surface area (Å²) in [4.78, 5) is 14.5. The number of aryl methyl sites for hydroxylation is 2. The van der Waals surface area contributed by atoms with Crippen LogP contribution in [-0.4, -0.2) is 48.4 Å². The van der Waals surface area contributed by atoms with E-state index in [2.05, 4.69) is 22.3 Å². The average Bonchev–Trinajstić information content (AvgIpc) is 3.23. The maximum absolute atomic E-state index is 12.6. The lowest BCUT2D eigenvalue weighted by Gasteiger charge is -2.20. The van der Waals surface area contributed by atoms with Gasteiger partial charge in [0, 0.05) is 50.7 Å². The minimum Gasteiger partial charge on any atom is -0.342 e. The number of carbonyl (C=O) groups excluding carboxylic acids is 1. The Labute approximate surface area is 152 Å². The normalized spacial score (nSPS) is 14.1. The molecule has 1 aliphatic rings. The summed E-state index contributed by atoms with van der Waals surface area (Å²) in [6.07, 6.45) is 5.39. The van der Waals surface area contributed by atoms with Crippen LogP contribution in [0.15, 0.2) is 43.0 Å². The van der Waals surface area contributed by atoms with E-state index in [0.717, 1.165) is 31.6 Å². The highest BCUT2D eigenvalue weighted by atomic mass is 16.2. The van der Waals surface area contributed by atoms with Gasteiger partial charge in [-0.25, -0.2) is 0 Å². The molecule has 26 heavy (non-hydrogen) atoms. The van der Waals surface area contributed by atoms with Gasteiger partial charge in [0.25, 0.3) is 0 Å². The summed E-state index contributed by atoms with van der Waals surface area (Å²) < 4.78 is 3.81. The van der Waals surface area contributed by atoms with E-state index < -0.39 is 0 Å². The predicted molar refractivity (Wildman–Crippen MR) is 97.3 cm³/mol. The van der Waals surface area contributed by atoms with Gasteiger partial charge in [0.1, 0.15) is 12.7 Å². The fourth-order valence-corrected chi connectivity index (χ4v) is 3.61. The monoisotopic (exact) mass is 350 g/mol. The second-order valence-electron chi connectivity index (χ2n) is 6.59. The van der Waals surface area contributed by atoms with Crippen molar-refractivity contribution in [3.8, 4) is 11.3 Å². The SMILES string of the molecule is Cn1nc2c(c1-c1ccccc1)CCN(C(=O)CCn1cnnc1)CC2. The minimum absolute atomic E-state index is 0.175. The summed E-state index contributed by atoms with van der Waals surface area (Å²) in [6.45, 7) is 2.07. The van der Waals surface area contributed by atoms with Gasteiger partial charge in [0.15, 0.2) is 0 Å². The smallest absolute Gasteiger partial charge is 0.224 e. The highest BCUT2D eigenvalue weighted by molar-refractivity contribution is 5.76. The zero-order chi connectivity index (χ0) is 17.9. The largest absolute Gasteiger partial charge is 0.342 e. The molecule has 0 N–H and O–H groups in total. The standard InChI is InChI=1S/C19H22N6O/c1-23-19(15-5-3-2-4-6-15)16-7-11-25(12-8-17(16)22-23)18(26)9-10-24-13-20-21-14-24/h2-6,13-14H,7-12H2,1H3. The number of nitrogens with zero attached hydrogens (tertiary/aromatic N) is 6. The minimum atomic E-state index is 0.175. The first kappa shape index (κ1) is 16.5. The highest BCUT2D eigenvalue weighted by Gasteiger charge is 2.24. The van der Waals surface area contributed by atoms with E-state index in [4.69, 9.17) is 5.10 Å². The first-order valence-electron chi connectivity index (χ1n) is 8.92. The predicted octanol–water partition coefficient (Wildman–Crippen LogP) is 1.70. The lowest BCUT2D eigenvalue weighted by atomic mass is 10.0. The molecule has 7 heteroatoms. The lowest BCUT2D eigenvalue weighted by molar-refractivity contribution is -0.131. The highest BCUT2D eigenvalue weighted by Crippen LogP contribution is 2.28. The molecule has 1 aliphatic heterocycles. The third kappa shape index (κ3) is 3.24. The fourth-order valence-electron chi connectivity index (χ4n) is 3.61. The van der Waals surface area contributed by atoms with Gasteiger partial charge in [-0.05, 0) is 6.42 Å². The van der Waals surface area contributed by atoms with Crippen LogP contribution in [-0.2, 0) is 31.2 Å². The van der Waals surface area contributed by atoms with Crippen molar-refractivity contribution in [2.45, 2.75) is 25.8 Å². The van der Waals surface area contributed by atoms with Gasteiger partial charge in [0.2, 0.25) is 5.91 Å². The van der Waals surface area contributed by atoms with Crippen LogP contribution in [0.3, 0.4) is 0 Å². The number of rotatable bonds is 4. The van der Waals surface area contributed by atoms with Crippen LogP contribution in [0.5, 0.6) is 0 Å². The number of aromatic nitrogens is 5. The Morgan fingerprint density at radius 2 is 1.81 bits per heavy atom. The van der Waals surface area contributed by atoms with Crippen LogP contribution in [0, 0.1) is 0 Å². The molecule has 0 bridgehead atoms. The number of hydrogen-bond acceptors (Lipinski definition) is 4. The number of fused-ring (bicyclic) bond motifs is 1. The molecule has 0 unspecified atom stereocenters. The van der Waals surface area contributed by atoms with E-state index in [1.54, 1.807) is 12.7 Å². The van der Waals surface area contributed by atoms with Crippen molar-refractivity contribution < 1.29 is 4.79 Å². The van der Waals surface area contributed by atoms with Crippen molar-refractivity contribution in [2.24, 2.45) is 7.05 Å². The van der Waals surface area contributed by atoms with Crippen LogP contribution in [0.4, 0.5) is 0 Å². The third-order valence-electron chi connectivity index (χ3n) is 4.93. The zero-order valence-corrected chi connectivity index (χ0v) is 14.9. The van der Waals surface area contributed by atoms with Gasteiger partial charge in [-0.1, -0.05) is 30.3 Å². The first-order valence-corrected chi connectivity index (χ1v) is 8.92. The van der Waals surface area contributed by atoms with Crippen molar-refractivity contribution in [2.75, 3.05) is 13.1 Å². The Hall–Kier alpha value is -2.96. The van der Waals surface area contributed by atoms with E-state index in [9.17, 15) is 4.79 Å². The van der Waals surface area contributed by atoms with Gasteiger partial charge in [-0.3, -0.25) is 9.48 Å². The first-order chi connectivity index (χ1) is 12.7. The van der Waals surface area contributed by atoms with E-state index >= 15 is 0 Å². The molecule has 0 radical (unpaired) electrons. The summed E-state index contributed by atoms with van der Waals surface area (Å²) in [5, 5.41) is 12.3. The molecule has 1 amide bonds. The fraction of sp³-hybridized carbons (Fsp3) is 0.368. The van der Waals surface area contributed by atoms with Crippen LogP contribution < -0.4 is 0 Å². The van der Waals surface area contributed by atoms with Crippen LogP contribution in [0.1, 0.15) is 17.7 Å². The van der Waals surface area contributed by atoms with E-state index in [1.807, 2.05) is 39.4 Å². The number of carbonyl (C=O) groups is 1. The third-order valence-corrected chi connectivity index (χ3v) is 4.93. The Bertz CT molecular complexity index is 884. The molecule has 4 rings (SSSR count). The van der Waals surface area contributed by atoms with Crippen molar-refractivity contribution >= 4 is 5.91 Å². The van der Waals surface area contributed by atoms with E-state index in [-0.39, 0.29) is 5.91 Å². The molecule has 134 valence electrons. The van der Waals surface area contributed by atoms with Crippen LogP contribution >= 0.6 is 0 Å². The molecular formula is C19H22N6O. The second kappa shape index (κ2) is 7.11. The second-order valence-corrected chi connectivity index (χ2v) is 6.59. The molecule has 0 spiro atoms. The van der Waals surface area contributed by atoms with Crippen molar-refractivity contribution in [1.29, 1.82) is 0 Å². The molecule has 0 aliphatic carbocycles. The average molecular weight is 350 g/mol. The van der Waals surface area contributed by atoms with Gasteiger partial charge in [0.05, 0.1) is 11.4 Å². The summed E-state index contributed by atoms with van der Waals surface area (Å²) in [5.41, 5.74) is 4.73. The Morgan fingerprint density at radius 3 is 2.58 bits per heavy atom. The number of benzene rings is 1. The molecule has 0 saturated carbocycles. The van der Waals surface area contributed by atoms with E-state index in [0.29, 0.717) is 13.0 Å². The van der Waals surface area contributed by atoms with Crippen LogP contribution in [0.25, 0.3) is 11.3 Å².